The van der Waals surface area contributed by atoms with E-state index in [1.807, 2.05) is 29.2 Å². The highest BCUT2D eigenvalue weighted by Gasteiger charge is 2.40. The number of methoxy groups -OCH3 is 1. The molecule has 0 radical (unpaired) electrons. The van der Waals surface area contributed by atoms with E-state index in [1.165, 1.54) is 6.42 Å². The van der Waals surface area contributed by atoms with Gasteiger partial charge in [-0.15, -0.1) is 0 Å². The molecule has 2 fully saturated rings. The van der Waals surface area contributed by atoms with Gasteiger partial charge in [-0.25, -0.2) is 9.78 Å². The van der Waals surface area contributed by atoms with Gasteiger partial charge in [0.2, 0.25) is 5.88 Å². The van der Waals surface area contributed by atoms with Crippen molar-refractivity contribution in [2.24, 2.45) is 5.92 Å². The summed E-state index contributed by atoms with van der Waals surface area (Å²) in [6, 6.07) is 11.3. The number of ether oxygens (including phenoxy) is 2. The number of nitrogens with zero attached hydrogens (tertiary/aromatic N) is 2. The number of piperidine rings is 1. The molecule has 2 aromatic rings. The maximum Gasteiger partial charge on any atom is 0.322 e. The quantitative estimate of drug-likeness (QED) is 0.917. The van der Waals surface area contributed by atoms with E-state index in [2.05, 4.69) is 10.3 Å². The van der Waals surface area contributed by atoms with Crippen LogP contribution in [0.5, 0.6) is 17.4 Å². The molecule has 2 aliphatic rings. The maximum atomic E-state index is 12.4. The van der Waals surface area contributed by atoms with E-state index in [9.17, 15) is 4.79 Å². The molecule has 0 spiro atoms. The Morgan fingerprint density at radius 1 is 1.20 bits per heavy atom. The summed E-state index contributed by atoms with van der Waals surface area (Å²) in [6.07, 6.45) is 5.14. The van der Waals surface area contributed by atoms with Gasteiger partial charge < -0.3 is 19.7 Å². The first-order chi connectivity index (χ1) is 12.2. The molecule has 1 saturated carbocycles. The summed E-state index contributed by atoms with van der Waals surface area (Å²) in [5, 5.41) is 2.93. The van der Waals surface area contributed by atoms with E-state index in [-0.39, 0.29) is 6.03 Å². The Labute approximate surface area is 146 Å². The van der Waals surface area contributed by atoms with Crippen LogP contribution >= 0.6 is 0 Å². The van der Waals surface area contributed by atoms with Crippen LogP contribution in [-0.2, 0) is 0 Å². The number of urea groups is 1. The van der Waals surface area contributed by atoms with Gasteiger partial charge in [-0.1, -0.05) is 12.1 Å². The van der Waals surface area contributed by atoms with Crippen molar-refractivity contribution in [2.75, 3.05) is 19.0 Å². The van der Waals surface area contributed by atoms with Crippen LogP contribution in [0.1, 0.15) is 19.3 Å². The van der Waals surface area contributed by atoms with Crippen molar-refractivity contribution in [1.82, 2.24) is 9.88 Å². The standard InChI is InChI=1S/C19H21N3O3/c1-24-16-4-2-3-5-17(16)25-18-9-7-14(11-20-18)21-19(23)22-12-13-6-8-15(22)10-13/h2-5,7,9,11,13,15H,6,8,10,12H2,1H3,(H,21,23). The van der Waals surface area contributed by atoms with Crippen molar-refractivity contribution in [1.29, 1.82) is 0 Å². The molecule has 2 bridgehead atoms. The number of pyridine rings is 1. The second kappa shape index (κ2) is 6.63. The first kappa shape index (κ1) is 15.7. The lowest BCUT2D eigenvalue weighted by atomic mass is 10.1. The zero-order chi connectivity index (χ0) is 17.2. The minimum Gasteiger partial charge on any atom is -0.493 e. The van der Waals surface area contributed by atoms with Gasteiger partial charge in [-0.3, -0.25) is 0 Å². The Bertz CT molecular complexity index is 763. The van der Waals surface area contributed by atoms with Gasteiger partial charge in [0.25, 0.3) is 0 Å². The largest absolute Gasteiger partial charge is 0.493 e. The highest BCUT2D eigenvalue weighted by molar-refractivity contribution is 5.89. The van der Waals surface area contributed by atoms with Crippen LogP contribution in [-0.4, -0.2) is 35.6 Å². The van der Waals surface area contributed by atoms with Crippen LogP contribution in [0.25, 0.3) is 0 Å². The summed E-state index contributed by atoms with van der Waals surface area (Å²) in [5.74, 6) is 2.38. The number of carbonyl (C=O) groups excluding carboxylic acids is 1. The molecule has 2 atom stereocenters. The molecule has 1 N–H and O–H groups in total. The van der Waals surface area contributed by atoms with Gasteiger partial charge in [-0.2, -0.15) is 0 Å². The fourth-order valence-corrected chi connectivity index (χ4v) is 3.70. The third-order valence-corrected chi connectivity index (χ3v) is 4.94. The van der Waals surface area contributed by atoms with Crippen LogP contribution in [0.15, 0.2) is 42.6 Å². The number of para-hydroxylation sites is 2. The predicted molar refractivity (Wildman–Crippen MR) is 94.2 cm³/mol. The van der Waals surface area contributed by atoms with Gasteiger partial charge in [-0.05, 0) is 43.4 Å². The van der Waals surface area contributed by atoms with Crippen molar-refractivity contribution >= 4 is 11.7 Å². The van der Waals surface area contributed by atoms with E-state index in [0.717, 1.165) is 19.4 Å². The molecular formula is C19H21N3O3. The fraction of sp³-hybridized carbons (Fsp3) is 0.368. The third-order valence-electron chi connectivity index (χ3n) is 4.94. The van der Waals surface area contributed by atoms with Crippen LogP contribution in [0.3, 0.4) is 0 Å². The molecule has 2 unspecified atom stereocenters. The Morgan fingerprint density at radius 3 is 2.68 bits per heavy atom. The van der Waals surface area contributed by atoms with Crippen molar-refractivity contribution in [3.63, 3.8) is 0 Å². The number of aromatic nitrogens is 1. The summed E-state index contributed by atoms with van der Waals surface area (Å²) in [6.45, 7) is 0.874. The van der Waals surface area contributed by atoms with Gasteiger partial charge in [0.15, 0.2) is 11.5 Å². The second-order valence-corrected chi connectivity index (χ2v) is 6.55. The van der Waals surface area contributed by atoms with E-state index in [0.29, 0.717) is 35.0 Å². The van der Waals surface area contributed by atoms with Gasteiger partial charge in [0.1, 0.15) is 0 Å². The summed E-state index contributed by atoms with van der Waals surface area (Å²) < 4.78 is 11.0. The van der Waals surface area contributed by atoms with Gasteiger partial charge in [0, 0.05) is 18.7 Å². The lowest BCUT2D eigenvalue weighted by Gasteiger charge is -2.27. The zero-order valence-corrected chi connectivity index (χ0v) is 14.1. The number of carbonyl (C=O) groups is 1. The Balaban J connectivity index is 1.39. The van der Waals surface area contributed by atoms with E-state index in [4.69, 9.17) is 9.47 Å². The summed E-state index contributed by atoms with van der Waals surface area (Å²) in [5.41, 5.74) is 0.667. The van der Waals surface area contributed by atoms with E-state index >= 15 is 0 Å². The molecule has 130 valence electrons. The van der Waals surface area contributed by atoms with Crippen LogP contribution in [0.2, 0.25) is 0 Å². The average Bonchev–Trinajstić information content (AvgIpc) is 3.27. The topological polar surface area (TPSA) is 63.7 Å². The molecular weight excluding hydrogens is 318 g/mol. The average molecular weight is 339 g/mol. The molecule has 25 heavy (non-hydrogen) atoms. The third kappa shape index (κ3) is 3.24. The molecule has 6 heteroatoms. The predicted octanol–water partition coefficient (Wildman–Crippen LogP) is 3.90. The summed E-state index contributed by atoms with van der Waals surface area (Å²) in [4.78, 5) is 18.6. The maximum absolute atomic E-state index is 12.4. The molecule has 6 nitrogen and oxygen atoms in total. The minimum atomic E-state index is -0.0348. The summed E-state index contributed by atoms with van der Waals surface area (Å²) in [7, 11) is 1.60. The molecule has 1 aliphatic heterocycles. The number of rotatable bonds is 4. The molecule has 1 aromatic heterocycles. The first-order valence-electron chi connectivity index (χ1n) is 8.57. The van der Waals surface area contributed by atoms with Crippen molar-refractivity contribution in [3.05, 3.63) is 42.6 Å². The van der Waals surface area contributed by atoms with Gasteiger partial charge >= 0.3 is 6.03 Å². The normalized spacial score (nSPS) is 21.2. The van der Waals surface area contributed by atoms with E-state index in [1.54, 1.807) is 25.4 Å². The van der Waals surface area contributed by atoms with Crippen molar-refractivity contribution < 1.29 is 14.3 Å². The minimum absolute atomic E-state index is 0.0348. The SMILES string of the molecule is COc1ccccc1Oc1ccc(NC(=O)N2CC3CCC2C3)cn1. The van der Waals surface area contributed by atoms with Gasteiger partial charge in [0.05, 0.1) is 19.0 Å². The molecule has 1 saturated heterocycles. The lowest BCUT2D eigenvalue weighted by molar-refractivity contribution is 0.194. The highest BCUT2D eigenvalue weighted by Crippen LogP contribution is 2.37. The number of nitrogens with one attached hydrogen (secondary N) is 1. The number of likely N-dealkylation sites (tertiary alicyclic amines) is 1. The smallest absolute Gasteiger partial charge is 0.322 e. The van der Waals surface area contributed by atoms with Crippen LogP contribution < -0.4 is 14.8 Å². The Kier molecular flexibility index (Phi) is 4.17. The van der Waals surface area contributed by atoms with Crippen LogP contribution in [0, 0.1) is 5.92 Å². The number of hydrogen-bond acceptors (Lipinski definition) is 4. The van der Waals surface area contributed by atoms with E-state index < -0.39 is 0 Å². The Hall–Kier alpha value is -2.76. The molecule has 4 rings (SSSR count). The monoisotopic (exact) mass is 339 g/mol. The summed E-state index contributed by atoms with van der Waals surface area (Å²) >= 11 is 0. The molecule has 1 aromatic carbocycles. The molecule has 2 heterocycles. The highest BCUT2D eigenvalue weighted by atomic mass is 16.5. The molecule has 1 aliphatic carbocycles. The zero-order valence-electron chi connectivity index (χ0n) is 14.1. The van der Waals surface area contributed by atoms with Crippen molar-refractivity contribution in [3.8, 4) is 17.4 Å². The number of benzene rings is 1. The number of amides is 2. The first-order valence-corrected chi connectivity index (χ1v) is 8.57. The van der Waals surface area contributed by atoms with Crippen molar-refractivity contribution in [2.45, 2.75) is 25.3 Å². The van der Waals surface area contributed by atoms with Crippen LogP contribution in [0.4, 0.5) is 10.5 Å². The fourth-order valence-electron chi connectivity index (χ4n) is 3.70. The number of anilines is 1. The second-order valence-electron chi connectivity index (χ2n) is 6.55. The Morgan fingerprint density at radius 2 is 2.04 bits per heavy atom. The number of fused-ring (bicyclic) bond motifs is 2. The number of hydrogen-bond donors (Lipinski definition) is 1. The molecule has 2 amide bonds. The lowest BCUT2D eigenvalue weighted by Crippen LogP contribution is -2.40.